The van der Waals surface area contributed by atoms with E-state index >= 15 is 0 Å². The van der Waals surface area contributed by atoms with Gasteiger partial charge in [-0.2, -0.15) is 0 Å². The molecule has 0 radical (unpaired) electrons. The quantitative estimate of drug-likeness (QED) is 0.186. The number of nitrogens with zero attached hydrogens (tertiary/aromatic N) is 3. The summed E-state index contributed by atoms with van der Waals surface area (Å²) < 4.78 is 3.36. The average molecular weight is 513 g/mol. The van der Waals surface area contributed by atoms with Gasteiger partial charge in [-0.1, -0.05) is 18.2 Å². The van der Waals surface area contributed by atoms with Crippen LogP contribution in [0.1, 0.15) is 29.6 Å². The van der Waals surface area contributed by atoms with E-state index in [-0.39, 0.29) is 24.0 Å². The van der Waals surface area contributed by atoms with Gasteiger partial charge < -0.3 is 20.3 Å². The highest BCUT2D eigenvalue weighted by atomic mass is 127. The maximum atomic E-state index is 10.5. The molecular weight excluding hydrogens is 485 g/mol. The molecule has 0 bridgehead atoms. The van der Waals surface area contributed by atoms with Crippen molar-refractivity contribution in [1.29, 1.82) is 0 Å². The summed E-state index contributed by atoms with van der Waals surface area (Å²) in [5.74, 6) is 1.77. The Labute approximate surface area is 187 Å². The van der Waals surface area contributed by atoms with Crippen LogP contribution < -0.4 is 10.6 Å². The lowest BCUT2D eigenvalue weighted by atomic mass is 10.2. The summed E-state index contributed by atoms with van der Waals surface area (Å²) in [6.07, 6.45) is 5.41. The highest BCUT2D eigenvalue weighted by Crippen LogP contribution is 2.29. The number of aryl methyl sites for hydroxylation is 2. The molecule has 1 atom stereocenters. The third kappa shape index (κ3) is 6.18. The zero-order valence-electron chi connectivity index (χ0n) is 16.3. The fourth-order valence-electron chi connectivity index (χ4n) is 2.94. The number of imidazole rings is 1. The molecule has 3 N–H and O–H groups in total. The predicted octanol–water partition coefficient (Wildman–Crippen LogP) is 3.70. The van der Waals surface area contributed by atoms with Gasteiger partial charge >= 0.3 is 0 Å². The number of nitrogens with one attached hydrogen (secondary N) is 2. The number of halogens is 1. The normalized spacial score (nSPS) is 12.6. The van der Waals surface area contributed by atoms with Crippen molar-refractivity contribution in [2.45, 2.75) is 32.4 Å². The van der Waals surface area contributed by atoms with Crippen molar-refractivity contribution in [1.82, 2.24) is 20.2 Å². The summed E-state index contributed by atoms with van der Waals surface area (Å²) in [7, 11) is 1.75. The van der Waals surface area contributed by atoms with Crippen LogP contribution in [0.25, 0.3) is 10.1 Å². The van der Waals surface area contributed by atoms with Gasteiger partial charge in [-0.25, -0.2) is 4.98 Å². The Kier molecular flexibility index (Phi) is 9.20. The van der Waals surface area contributed by atoms with Gasteiger partial charge in [0, 0.05) is 48.7 Å². The molecule has 6 nitrogen and oxygen atoms in total. The molecule has 28 heavy (non-hydrogen) atoms. The number of aliphatic hydroxyl groups excluding tert-OH is 1. The van der Waals surface area contributed by atoms with Crippen molar-refractivity contribution in [3.8, 4) is 0 Å². The van der Waals surface area contributed by atoms with Crippen LogP contribution in [0.3, 0.4) is 0 Å². The number of aromatic nitrogens is 2. The van der Waals surface area contributed by atoms with E-state index < -0.39 is 6.10 Å². The summed E-state index contributed by atoms with van der Waals surface area (Å²) in [4.78, 5) is 9.43. The Bertz CT molecular complexity index is 858. The minimum atomic E-state index is -0.551. The molecule has 2 aromatic heterocycles. The van der Waals surface area contributed by atoms with E-state index in [1.807, 2.05) is 31.5 Å². The van der Waals surface area contributed by atoms with Crippen molar-refractivity contribution in [2.75, 3.05) is 20.1 Å². The monoisotopic (exact) mass is 513 g/mol. The number of guanidine groups is 1. The molecular formula is C20H28IN5OS. The first-order valence-corrected chi connectivity index (χ1v) is 10.1. The fourth-order valence-corrected chi connectivity index (χ4v) is 3.99. The maximum absolute atomic E-state index is 10.5. The zero-order valence-corrected chi connectivity index (χ0v) is 19.4. The number of rotatable bonds is 8. The van der Waals surface area contributed by atoms with E-state index in [2.05, 4.69) is 43.4 Å². The van der Waals surface area contributed by atoms with Crippen molar-refractivity contribution in [3.63, 3.8) is 0 Å². The van der Waals surface area contributed by atoms with Gasteiger partial charge in [-0.15, -0.1) is 35.3 Å². The number of unbranched alkanes of at least 4 members (excludes halogenated alkanes) is 1. The van der Waals surface area contributed by atoms with Crippen molar-refractivity contribution >= 4 is 51.4 Å². The minimum Gasteiger partial charge on any atom is -0.386 e. The SMILES string of the molecule is CN=C(NCCCCn1ccnc1C)NCC(O)c1cc2ccccc2s1.I. The molecule has 0 amide bonds. The van der Waals surface area contributed by atoms with Gasteiger partial charge in [0.2, 0.25) is 0 Å². The van der Waals surface area contributed by atoms with Crippen LogP contribution in [0.5, 0.6) is 0 Å². The molecule has 0 spiro atoms. The molecule has 2 heterocycles. The zero-order chi connectivity index (χ0) is 19.1. The van der Waals surface area contributed by atoms with Crippen molar-refractivity contribution in [2.24, 2.45) is 4.99 Å². The molecule has 8 heteroatoms. The van der Waals surface area contributed by atoms with Gasteiger partial charge in [0.1, 0.15) is 11.9 Å². The molecule has 0 aliphatic rings. The maximum Gasteiger partial charge on any atom is 0.191 e. The van der Waals surface area contributed by atoms with E-state index in [1.165, 1.54) is 10.1 Å². The first kappa shape index (κ1) is 22.6. The second-order valence-corrected chi connectivity index (χ2v) is 7.57. The average Bonchev–Trinajstić information content (AvgIpc) is 3.29. The molecule has 152 valence electrons. The smallest absolute Gasteiger partial charge is 0.191 e. The molecule has 0 aliphatic carbocycles. The van der Waals surface area contributed by atoms with Gasteiger partial charge in [0.25, 0.3) is 0 Å². The highest BCUT2D eigenvalue weighted by Gasteiger charge is 2.12. The Morgan fingerprint density at radius 3 is 2.82 bits per heavy atom. The van der Waals surface area contributed by atoms with E-state index in [0.717, 1.165) is 36.6 Å². The van der Waals surface area contributed by atoms with E-state index in [0.29, 0.717) is 12.5 Å². The lowest BCUT2D eigenvalue weighted by Crippen LogP contribution is -2.39. The van der Waals surface area contributed by atoms with E-state index in [1.54, 1.807) is 18.4 Å². The summed E-state index contributed by atoms with van der Waals surface area (Å²) in [6, 6.07) is 10.2. The standard InChI is InChI=1S/C20H27N5OS.HI/c1-15-22-10-12-25(15)11-6-5-9-23-20(21-2)24-14-17(26)19-13-16-7-3-4-8-18(16)27-19;/h3-4,7-8,10,12-13,17,26H,5-6,9,11,14H2,1-2H3,(H2,21,23,24);1H. The Morgan fingerprint density at radius 1 is 1.29 bits per heavy atom. The van der Waals surface area contributed by atoms with Gasteiger partial charge in [-0.05, 0) is 37.3 Å². The minimum absolute atomic E-state index is 0. The first-order valence-electron chi connectivity index (χ1n) is 9.26. The van der Waals surface area contributed by atoms with Crippen molar-refractivity contribution in [3.05, 3.63) is 53.4 Å². The Balaban J connectivity index is 0.00000280. The predicted molar refractivity (Wildman–Crippen MR) is 128 cm³/mol. The van der Waals surface area contributed by atoms with E-state index in [9.17, 15) is 5.11 Å². The van der Waals surface area contributed by atoms with E-state index in [4.69, 9.17) is 0 Å². The molecule has 0 aliphatic heterocycles. The largest absolute Gasteiger partial charge is 0.386 e. The summed E-state index contributed by atoms with van der Waals surface area (Å²) in [5.41, 5.74) is 0. The van der Waals surface area contributed by atoms with Crippen molar-refractivity contribution < 1.29 is 5.11 Å². The lowest BCUT2D eigenvalue weighted by Gasteiger charge is -2.14. The molecule has 0 saturated carbocycles. The van der Waals surface area contributed by atoms with Gasteiger partial charge in [0.05, 0.1) is 0 Å². The van der Waals surface area contributed by atoms with Gasteiger partial charge in [-0.3, -0.25) is 4.99 Å². The third-order valence-electron chi connectivity index (χ3n) is 4.50. The topological polar surface area (TPSA) is 74.5 Å². The first-order chi connectivity index (χ1) is 13.2. The van der Waals surface area contributed by atoms with Crippen LogP contribution in [0.15, 0.2) is 47.7 Å². The number of benzene rings is 1. The molecule has 3 rings (SSSR count). The van der Waals surface area contributed by atoms with Crippen LogP contribution in [-0.4, -0.2) is 40.8 Å². The highest BCUT2D eigenvalue weighted by molar-refractivity contribution is 14.0. The summed E-state index contributed by atoms with van der Waals surface area (Å²) >= 11 is 1.63. The van der Waals surface area contributed by atoms with Gasteiger partial charge in [0.15, 0.2) is 5.96 Å². The fraction of sp³-hybridized carbons (Fsp3) is 0.400. The summed E-state index contributed by atoms with van der Waals surface area (Å²) in [5, 5.41) is 18.1. The number of hydrogen-bond acceptors (Lipinski definition) is 4. The molecule has 3 aromatic rings. The molecule has 0 fully saturated rings. The number of fused-ring (bicyclic) bond motifs is 1. The van der Waals surface area contributed by atoms with Crippen LogP contribution >= 0.6 is 35.3 Å². The molecule has 1 aromatic carbocycles. The van der Waals surface area contributed by atoms with Crippen LogP contribution in [0, 0.1) is 6.92 Å². The lowest BCUT2D eigenvalue weighted by molar-refractivity contribution is 0.184. The second kappa shape index (κ2) is 11.4. The second-order valence-electron chi connectivity index (χ2n) is 6.46. The van der Waals surface area contributed by atoms with Crippen LogP contribution in [-0.2, 0) is 6.54 Å². The Morgan fingerprint density at radius 2 is 2.11 bits per heavy atom. The number of aliphatic hydroxyl groups is 1. The number of aliphatic imine (C=N–C) groups is 1. The Hall–Kier alpha value is -1.65. The summed E-state index contributed by atoms with van der Waals surface area (Å²) in [6.45, 7) is 4.27. The van der Waals surface area contributed by atoms with Crippen LogP contribution in [0.4, 0.5) is 0 Å². The van der Waals surface area contributed by atoms with Crippen LogP contribution in [0.2, 0.25) is 0 Å². The third-order valence-corrected chi connectivity index (χ3v) is 5.72. The number of thiophene rings is 1. The molecule has 0 saturated heterocycles. The molecule has 1 unspecified atom stereocenters. The number of hydrogen-bond donors (Lipinski definition) is 3.